The molecule has 0 bridgehead atoms. The summed E-state index contributed by atoms with van der Waals surface area (Å²) in [6.07, 6.45) is 18.9. The van der Waals surface area contributed by atoms with Crippen LogP contribution in [0.25, 0.3) is 57.2 Å². The molecule has 72 heavy (non-hydrogen) atoms. The van der Waals surface area contributed by atoms with E-state index >= 15 is 0 Å². The van der Waals surface area contributed by atoms with Gasteiger partial charge in [0.2, 0.25) is 0 Å². The van der Waals surface area contributed by atoms with Crippen LogP contribution in [0.2, 0.25) is 0 Å². The van der Waals surface area contributed by atoms with Crippen molar-refractivity contribution >= 4 is 23.9 Å². The van der Waals surface area contributed by atoms with Gasteiger partial charge in [0.1, 0.15) is 0 Å². The quantitative estimate of drug-likeness (QED) is 0.102. The number of carbonyl (C=O) groups is 4. The summed E-state index contributed by atoms with van der Waals surface area (Å²) in [5.74, 6) is -3.13. The van der Waals surface area contributed by atoms with E-state index < -0.39 is 23.9 Å². The molecule has 0 amide bonds. The molecule has 10 rings (SSSR count). The van der Waals surface area contributed by atoms with Crippen LogP contribution in [0.4, 0.5) is 0 Å². The Morgan fingerprint density at radius 3 is 0.708 bits per heavy atom. The molecular formula is C50H36N12O8Ru2. The average Bonchev–Trinajstić information content (AvgIpc) is 4.17. The molecule has 0 unspecified atom stereocenters. The Labute approximate surface area is 435 Å². The Morgan fingerprint density at radius 2 is 0.528 bits per heavy atom. The van der Waals surface area contributed by atoms with Crippen LogP contribution in [0.15, 0.2) is 196 Å². The number of hydrogen-bond donors (Lipinski definition) is 4. The van der Waals surface area contributed by atoms with Crippen molar-refractivity contribution in [2.45, 2.75) is 0 Å². The third kappa shape index (κ3) is 17.1. The molecule has 10 aromatic heterocycles. The normalized spacial score (nSPS) is 9.61. The van der Waals surface area contributed by atoms with E-state index in [-0.39, 0.29) is 61.2 Å². The van der Waals surface area contributed by atoms with E-state index in [0.29, 0.717) is 34.4 Å². The number of carboxylic acid groups (broad SMARTS) is 4. The largest absolute Gasteiger partial charge is 1.00 e. The first-order valence-electron chi connectivity index (χ1n) is 20.4. The van der Waals surface area contributed by atoms with Gasteiger partial charge in [-0.05, 0) is 97.1 Å². The molecule has 0 spiro atoms. The number of carboxylic acids is 4. The van der Waals surface area contributed by atoms with Gasteiger partial charge in [-0.2, -0.15) is 0 Å². The maximum atomic E-state index is 10.8. The topological polar surface area (TPSA) is 306 Å². The molecular weight excluding hydrogens is 1100 g/mol. The van der Waals surface area contributed by atoms with Crippen LogP contribution in [0.3, 0.4) is 0 Å². The van der Waals surface area contributed by atoms with Gasteiger partial charge in [-0.15, -0.1) is 0 Å². The summed E-state index contributed by atoms with van der Waals surface area (Å²) in [6.45, 7) is 0. The van der Waals surface area contributed by atoms with Crippen molar-refractivity contribution in [3.63, 3.8) is 0 Å². The predicted molar refractivity (Wildman–Crippen MR) is 252 cm³/mol. The minimum Gasteiger partial charge on any atom is -0.478 e. The molecule has 0 saturated carbocycles. The number of aromatic nitrogens is 12. The summed E-state index contributed by atoms with van der Waals surface area (Å²) in [5.41, 5.74) is 5.22. The number of rotatable bonds is 9. The summed E-state index contributed by atoms with van der Waals surface area (Å²) >= 11 is 0. The second kappa shape index (κ2) is 28.9. The molecule has 0 atom stereocenters. The van der Waals surface area contributed by atoms with Crippen molar-refractivity contribution in [1.29, 1.82) is 0 Å². The van der Waals surface area contributed by atoms with Gasteiger partial charge in [0.15, 0.2) is 0 Å². The van der Waals surface area contributed by atoms with Gasteiger partial charge in [-0.3, -0.25) is 39.9 Å². The summed E-state index contributed by atoms with van der Waals surface area (Å²) < 4.78 is 0. The Hall–Kier alpha value is -9.25. The van der Waals surface area contributed by atoms with Crippen molar-refractivity contribution in [2.75, 3.05) is 0 Å². The molecule has 0 fully saturated rings. The van der Waals surface area contributed by atoms with Gasteiger partial charge >= 0.3 is 62.8 Å². The molecule has 10 heterocycles. The first-order chi connectivity index (χ1) is 34.0. The average molecular weight is 1140 g/mol. The second-order valence-corrected chi connectivity index (χ2v) is 13.6. The van der Waals surface area contributed by atoms with Crippen LogP contribution in [-0.2, 0) is 39.0 Å². The van der Waals surface area contributed by atoms with E-state index in [1.165, 1.54) is 73.3 Å². The molecule has 0 aliphatic carbocycles. The fraction of sp³-hybridized carbons (Fsp3) is 0. The van der Waals surface area contributed by atoms with Crippen LogP contribution in [0.1, 0.15) is 41.4 Å². The molecule has 20 nitrogen and oxygen atoms in total. The molecule has 22 heteroatoms. The Kier molecular flexibility index (Phi) is 22.2. The van der Waals surface area contributed by atoms with E-state index in [1.807, 2.05) is 72.8 Å². The second-order valence-electron chi connectivity index (χ2n) is 13.6. The molecule has 0 aliphatic heterocycles. The number of nitrogens with zero attached hydrogens (tertiary/aromatic N) is 12. The number of hydrogen-bond acceptors (Lipinski definition) is 14. The first kappa shape index (κ1) is 55.3. The number of pyridine rings is 8. The van der Waals surface area contributed by atoms with Gasteiger partial charge in [0.25, 0.3) is 0 Å². The van der Waals surface area contributed by atoms with E-state index in [4.69, 9.17) is 20.4 Å². The van der Waals surface area contributed by atoms with Crippen molar-refractivity contribution in [3.05, 3.63) is 218 Å². The van der Waals surface area contributed by atoms with Crippen LogP contribution in [0, 0.1) is 0 Å². The molecule has 0 aliphatic rings. The standard InChI is InChI=1S/2C12H8N2O4.2C10H8N2.C6H4N4.2Ru/c2*15-11(16)7-1-3-13-9(5-7)10-6-8(12(17)18)2-4-14-10;2*1-3-7-11-9(5-1)10-6-2-4-8-12-10;1-2-8-5(7-1)6-9-3-4-10-6;;/h2*1-6H,(H,15,16)(H,17,18);2*1-8H;1-4H;;/q;;;;-2;2*+1. The minimum atomic E-state index is -1.08. The molecule has 10 aromatic rings. The van der Waals surface area contributed by atoms with Crippen LogP contribution >= 0.6 is 0 Å². The van der Waals surface area contributed by atoms with Crippen molar-refractivity contribution in [1.82, 2.24) is 59.8 Å². The molecule has 2 radical (unpaired) electrons. The zero-order chi connectivity index (χ0) is 49.5. The molecule has 360 valence electrons. The molecule has 0 aromatic carbocycles. The smallest absolute Gasteiger partial charge is 0.478 e. The maximum Gasteiger partial charge on any atom is 1.00 e. The van der Waals surface area contributed by atoms with Crippen LogP contribution in [-0.4, -0.2) is 94.1 Å². The van der Waals surface area contributed by atoms with Gasteiger partial charge < -0.3 is 40.4 Å². The maximum absolute atomic E-state index is 10.8. The Bertz CT molecular complexity index is 2830. The van der Waals surface area contributed by atoms with Crippen molar-refractivity contribution in [3.8, 4) is 57.2 Å². The van der Waals surface area contributed by atoms with Crippen LogP contribution in [0.5, 0.6) is 0 Å². The fourth-order valence-electron chi connectivity index (χ4n) is 5.59. The molecule has 4 N–H and O–H groups in total. The van der Waals surface area contributed by atoms with Crippen molar-refractivity contribution in [2.24, 2.45) is 0 Å². The van der Waals surface area contributed by atoms with E-state index in [1.54, 1.807) is 49.6 Å². The van der Waals surface area contributed by atoms with Gasteiger partial charge in [0.05, 0.1) is 67.8 Å². The third-order valence-electron chi connectivity index (χ3n) is 8.86. The van der Waals surface area contributed by atoms with Gasteiger partial charge in [-0.25, -0.2) is 19.2 Å². The zero-order valence-electron chi connectivity index (χ0n) is 37.0. The Balaban J connectivity index is 0.000000197. The van der Waals surface area contributed by atoms with Crippen molar-refractivity contribution < 1.29 is 78.6 Å². The summed E-state index contributed by atoms with van der Waals surface area (Å²) in [6, 6.07) is 34.0. The van der Waals surface area contributed by atoms with Gasteiger partial charge in [-0.1, -0.05) is 60.7 Å². The summed E-state index contributed by atoms with van der Waals surface area (Å²) in [5, 5.41) is 35.4. The van der Waals surface area contributed by atoms with Gasteiger partial charge in [0, 0.05) is 49.6 Å². The predicted octanol–water partition coefficient (Wildman–Crippen LogP) is 7.42. The third-order valence-corrected chi connectivity index (χ3v) is 8.86. The monoisotopic (exact) mass is 1140 g/mol. The zero-order valence-corrected chi connectivity index (χ0v) is 40.4. The van der Waals surface area contributed by atoms with E-state index in [9.17, 15) is 19.2 Å². The number of aromatic carboxylic acids is 4. The number of imidazole rings is 2. The summed E-state index contributed by atoms with van der Waals surface area (Å²) in [4.78, 5) is 91.6. The Morgan fingerprint density at radius 1 is 0.292 bits per heavy atom. The SMILES string of the molecule is O=C(O)c1ccnc(-c2cc(C(=O)O)ccn2)c1.O=C(O)c1ccnc(-c2cc(C(=O)O)ccn2)c1.[Ru+].[Ru+].c1c[n-]c(-c2ncc[n-]2)n1.c1ccc(-c2ccccn2)nc1.c1ccc(-c2ccccn2)nc1. The fourth-order valence-corrected chi connectivity index (χ4v) is 5.59. The first-order valence-corrected chi connectivity index (χ1v) is 20.4. The molecule has 0 saturated heterocycles. The van der Waals surface area contributed by atoms with Crippen LogP contribution < -0.4 is 9.97 Å². The van der Waals surface area contributed by atoms with E-state index in [2.05, 4.69) is 59.8 Å². The summed E-state index contributed by atoms with van der Waals surface area (Å²) in [7, 11) is 0. The minimum absolute atomic E-state index is 0. The van der Waals surface area contributed by atoms with E-state index in [0.717, 1.165) is 22.8 Å².